The number of aromatic nitrogens is 2. The molecular formula is C10H12N2O3S. The van der Waals surface area contributed by atoms with E-state index >= 15 is 0 Å². The molecule has 1 aromatic heterocycles. The maximum absolute atomic E-state index is 11.2. The molecule has 2 N–H and O–H groups in total. The van der Waals surface area contributed by atoms with Gasteiger partial charge in [-0.3, -0.25) is 9.59 Å². The van der Waals surface area contributed by atoms with E-state index < -0.39 is 5.97 Å². The third-order valence-electron chi connectivity index (χ3n) is 2.64. The van der Waals surface area contributed by atoms with E-state index in [9.17, 15) is 9.59 Å². The van der Waals surface area contributed by atoms with Crippen molar-refractivity contribution in [2.75, 3.05) is 0 Å². The summed E-state index contributed by atoms with van der Waals surface area (Å²) in [6.07, 6.45) is 1.57. The van der Waals surface area contributed by atoms with Crippen LogP contribution < -0.4 is 5.56 Å². The van der Waals surface area contributed by atoms with E-state index in [1.54, 1.807) is 6.92 Å². The summed E-state index contributed by atoms with van der Waals surface area (Å²) >= 11 is 1.35. The fraction of sp³-hybridized carbons (Fsp3) is 0.500. The van der Waals surface area contributed by atoms with Gasteiger partial charge in [0.05, 0.1) is 5.92 Å². The first-order valence-electron chi connectivity index (χ1n) is 5.03. The van der Waals surface area contributed by atoms with E-state index in [1.807, 2.05) is 0 Å². The maximum Gasteiger partial charge on any atom is 0.307 e. The molecule has 86 valence electrons. The number of aromatic amines is 1. The molecule has 1 aliphatic rings. The zero-order valence-electron chi connectivity index (χ0n) is 8.77. The second-order valence-electron chi connectivity index (χ2n) is 3.87. The van der Waals surface area contributed by atoms with E-state index in [1.165, 1.54) is 17.8 Å². The summed E-state index contributed by atoms with van der Waals surface area (Å²) in [6, 6.07) is 1.42. The van der Waals surface area contributed by atoms with Gasteiger partial charge in [-0.2, -0.15) is 0 Å². The van der Waals surface area contributed by atoms with Crippen molar-refractivity contribution >= 4 is 17.7 Å². The number of thioether (sulfide) groups is 1. The Labute approximate surface area is 96.3 Å². The Balaban J connectivity index is 2.10. The highest BCUT2D eigenvalue weighted by Crippen LogP contribution is 2.39. The topological polar surface area (TPSA) is 83.0 Å². The summed E-state index contributed by atoms with van der Waals surface area (Å²) in [5.74, 6) is -1.07. The molecular weight excluding hydrogens is 228 g/mol. The molecule has 0 bridgehead atoms. The van der Waals surface area contributed by atoms with Crippen molar-refractivity contribution in [3.63, 3.8) is 0 Å². The van der Waals surface area contributed by atoms with Gasteiger partial charge >= 0.3 is 5.97 Å². The highest BCUT2D eigenvalue weighted by atomic mass is 32.2. The van der Waals surface area contributed by atoms with Crippen LogP contribution in [-0.2, 0) is 4.79 Å². The Morgan fingerprint density at radius 2 is 2.38 bits per heavy atom. The number of carboxylic acids is 1. The second-order valence-corrected chi connectivity index (χ2v) is 5.10. The average molecular weight is 240 g/mol. The largest absolute Gasteiger partial charge is 0.481 e. The molecule has 1 saturated carbocycles. The summed E-state index contributed by atoms with van der Waals surface area (Å²) in [5.41, 5.74) is 0.457. The monoisotopic (exact) mass is 240 g/mol. The minimum absolute atomic E-state index is 0.0300. The molecule has 1 heterocycles. The van der Waals surface area contributed by atoms with Gasteiger partial charge in [-0.05, 0) is 19.8 Å². The summed E-state index contributed by atoms with van der Waals surface area (Å²) in [4.78, 5) is 28.8. The van der Waals surface area contributed by atoms with Crippen LogP contribution in [0.25, 0.3) is 0 Å². The summed E-state index contributed by atoms with van der Waals surface area (Å²) in [5, 5.41) is 9.43. The van der Waals surface area contributed by atoms with Gasteiger partial charge in [-0.15, -0.1) is 0 Å². The number of nitrogens with one attached hydrogen (secondary N) is 1. The van der Waals surface area contributed by atoms with Gasteiger partial charge in [0.1, 0.15) is 0 Å². The lowest BCUT2D eigenvalue weighted by Crippen LogP contribution is -2.35. The van der Waals surface area contributed by atoms with Crippen molar-refractivity contribution < 1.29 is 9.90 Å². The first kappa shape index (κ1) is 11.2. The molecule has 1 aliphatic carbocycles. The lowest BCUT2D eigenvalue weighted by Gasteiger charge is -2.31. The fourth-order valence-corrected chi connectivity index (χ4v) is 2.96. The van der Waals surface area contributed by atoms with Gasteiger partial charge in [0, 0.05) is 17.0 Å². The number of H-pyrrole nitrogens is 1. The fourth-order valence-electron chi connectivity index (χ4n) is 1.64. The summed E-state index contributed by atoms with van der Waals surface area (Å²) < 4.78 is 0. The van der Waals surface area contributed by atoms with Crippen LogP contribution in [0.15, 0.2) is 16.0 Å². The quantitative estimate of drug-likeness (QED) is 0.771. The predicted octanol–water partition coefficient (Wildman–Crippen LogP) is 1.03. The Bertz CT molecular complexity index is 471. The molecule has 0 aromatic carbocycles. The van der Waals surface area contributed by atoms with Crippen LogP contribution in [-0.4, -0.2) is 26.3 Å². The first-order chi connectivity index (χ1) is 7.56. The number of hydrogen-bond donors (Lipinski definition) is 2. The molecule has 0 saturated heterocycles. The van der Waals surface area contributed by atoms with E-state index in [-0.39, 0.29) is 16.7 Å². The van der Waals surface area contributed by atoms with Crippen LogP contribution >= 0.6 is 11.8 Å². The van der Waals surface area contributed by atoms with Crippen LogP contribution in [0.5, 0.6) is 0 Å². The van der Waals surface area contributed by atoms with Crippen LogP contribution in [0.2, 0.25) is 0 Å². The molecule has 0 spiro atoms. The van der Waals surface area contributed by atoms with E-state index in [0.717, 1.165) is 6.42 Å². The number of carboxylic acid groups (broad SMARTS) is 1. The van der Waals surface area contributed by atoms with Crippen molar-refractivity contribution in [1.29, 1.82) is 0 Å². The lowest BCUT2D eigenvalue weighted by molar-refractivity contribution is -0.144. The minimum Gasteiger partial charge on any atom is -0.481 e. The Morgan fingerprint density at radius 1 is 1.62 bits per heavy atom. The zero-order chi connectivity index (χ0) is 11.7. The van der Waals surface area contributed by atoms with Crippen molar-refractivity contribution in [2.24, 2.45) is 5.92 Å². The molecule has 2 unspecified atom stereocenters. The van der Waals surface area contributed by atoms with Crippen LogP contribution in [0, 0.1) is 12.8 Å². The van der Waals surface area contributed by atoms with Gasteiger partial charge < -0.3 is 10.1 Å². The highest BCUT2D eigenvalue weighted by Gasteiger charge is 2.37. The Hall–Kier alpha value is -1.30. The van der Waals surface area contributed by atoms with Gasteiger partial charge in [-0.1, -0.05) is 11.8 Å². The number of hydrogen-bond acceptors (Lipinski definition) is 4. The molecule has 16 heavy (non-hydrogen) atoms. The molecule has 0 aliphatic heterocycles. The highest BCUT2D eigenvalue weighted by molar-refractivity contribution is 7.99. The van der Waals surface area contributed by atoms with Crippen LogP contribution in [0.4, 0.5) is 0 Å². The molecule has 6 heteroatoms. The van der Waals surface area contributed by atoms with E-state index in [0.29, 0.717) is 17.3 Å². The van der Waals surface area contributed by atoms with Gasteiger partial charge in [-0.25, -0.2) is 4.98 Å². The van der Waals surface area contributed by atoms with Crippen molar-refractivity contribution in [3.8, 4) is 0 Å². The molecule has 5 nitrogen and oxygen atoms in total. The third-order valence-corrected chi connectivity index (χ3v) is 3.92. The average Bonchev–Trinajstić information content (AvgIpc) is 2.09. The number of nitrogens with zero attached hydrogens (tertiary/aromatic N) is 1. The predicted molar refractivity (Wildman–Crippen MR) is 59.6 cm³/mol. The van der Waals surface area contributed by atoms with Crippen molar-refractivity contribution in [1.82, 2.24) is 9.97 Å². The van der Waals surface area contributed by atoms with E-state index in [4.69, 9.17) is 5.11 Å². The van der Waals surface area contributed by atoms with Gasteiger partial charge in [0.2, 0.25) is 0 Å². The zero-order valence-corrected chi connectivity index (χ0v) is 9.58. The van der Waals surface area contributed by atoms with E-state index in [2.05, 4.69) is 9.97 Å². The number of aryl methyl sites for hydroxylation is 1. The smallest absolute Gasteiger partial charge is 0.307 e. The number of carbonyl (C=O) groups is 1. The van der Waals surface area contributed by atoms with Gasteiger partial charge in [0.15, 0.2) is 5.16 Å². The number of aliphatic carboxylic acids is 1. The lowest BCUT2D eigenvalue weighted by atomic mass is 9.85. The third kappa shape index (κ3) is 2.27. The van der Waals surface area contributed by atoms with Crippen molar-refractivity contribution in [3.05, 3.63) is 22.1 Å². The second kappa shape index (κ2) is 4.29. The molecule has 2 rings (SSSR count). The van der Waals surface area contributed by atoms with Crippen molar-refractivity contribution in [2.45, 2.75) is 30.2 Å². The minimum atomic E-state index is -0.765. The van der Waals surface area contributed by atoms with Crippen LogP contribution in [0.3, 0.4) is 0 Å². The molecule has 2 atom stereocenters. The molecule has 0 radical (unpaired) electrons. The van der Waals surface area contributed by atoms with Crippen LogP contribution in [0.1, 0.15) is 18.5 Å². The maximum atomic E-state index is 11.2. The standard InChI is InChI=1S/C10H12N2O3S/c1-5-4-8(13)12-10(11-5)16-7-3-2-6(7)9(14)15/h4,6-7H,2-3H2,1H3,(H,14,15)(H,11,12,13). The number of rotatable bonds is 3. The molecule has 1 aromatic rings. The summed E-state index contributed by atoms with van der Waals surface area (Å²) in [7, 11) is 0. The Morgan fingerprint density at radius 3 is 2.88 bits per heavy atom. The Kier molecular flexibility index (Phi) is 3.00. The summed E-state index contributed by atoms with van der Waals surface area (Å²) in [6.45, 7) is 1.74. The normalized spacial score (nSPS) is 23.8. The SMILES string of the molecule is Cc1cc(=O)[nH]c(SC2CCC2C(=O)O)n1. The molecule has 0 amide bonds. The first-order valence-corrected chi connectivity index (χ1v) is 5.91. The van der Waals surface area contributed by atoms with Gasteiger partial charge in [0.25, 0.3) is 5.56 Å². The molecule has 1 fully saturated rings.